The van der Waals surface area contributed by atoms with E-state index in [0.29, 0.717) is 41.3 Å². The number of nitrogens with zero attached hydrogens (tertiary/aromatic N) is 1. The van der Waals surface area contributed by atoms with Crippen molar-refractivity contribution in [1.29, 1.82) is 0 Å². The number of aromatic nitrogens is 1. The van der Waals surface area contributed by atoms with Crippen LogP contribution in [0.3, 0.4) is 0 Å². The number of fused-ring (bicyclic) bond motifs is 2. The van der Waals surface area contributed by atoms with Gasteiger partial charge < -0.3 is 14.6 Å². The molecule has 5 rings (SSSR count). The van der Waals surface area contributed by atoms with E-state index < -0.39 is 5.97 Å². The van der Waals surface area contributed by atoms with Gasteiger partial charge in [0.1, 0.15) is 11.5 Å². The molecule has 1 aliphatic heterocycles. The standard InChI is InChI=1S/C29H27NO5/c1-17-7-6-9-23-20(16-35-28(17)23)15-34-21-11-12-22(18(2)13-21)29(33)30-19(3)25(14-27(31)32)24-8-4-5-10-26(24)30/h4-13,20H,14-16H2,1-3H3,(H,31,32). The zero-order valence-electron chi connectivity index (χ0n) is 20.0. The number of hydrogen-bond donors (Lipinski definition) is 1. The summed E-state index contributed by atoms with van der Waals surface area (Å²) in [6, 6.07) is 19.0. The summed E-state index contributed by atoms with van der Waals surface area (Å²) in [6.45, 7) is 6.81. The summed E-state index contributed by atoms with van der Waals surface area (Å²) in [4.78, 5) is 25.0. The molecule has 2 heterocycles. The number of carbonyl (C=O) groups is 2. The van der Waals surface area contributed by atoms with Crippen molar-refractivity contribution in [2.45, 2.75) is 33.1 Å². The average molecular weight is 470 g/mol. The number of carboxylic acids is 1. The third kappa shape index (κ3) is 4.05. The first-order chi connectivity index (χ1) is 16.8. The van der Waals surface area contributed by atoms with Gasteiger partial charge in [0.05, 0.1) is 31.1 Å². The van der Waals surface area contributed by atoms with Crippen LogP contribution in [0.15, 0.2) is 60.7 Å². The van der Waals surface area contributed by atoms with Crippen LogP contribution in [0.1, 0.15) is 44.2 Å². The molecule has 0 radical (unpaired) electrons. The van der Waals surface area contributed by atoms with Gasteiger partial charge in [0.25, 0.3) is 5.91 Å². The normalized spacial score (nSPS) is 14.5. The monoisotopic (exact) mass is 469 g/mol. The van der Waals surface area contributed by atoms with Gasteiger partial charge in [0, 0.05) is 22.2 Å². The molecule has 0 amide bonds. The van der Waals surface area contributed by atoms with Crippen LogP contribution in [0.4, 0.5) is 0 Å². The highest BCUT2D eigenvalue weighted by molar-refractivity contribution is 6.05. The smallest absolute Gasteiger partial charge is 0.307 e. The minimum Gasteiger partial charge on any atom is -0.493 e. The van der Waals surface area contributed by atoms with E-state index >= 15 is 0 Å². The van der Waals surface area contributed by atoms with E-state index in [0.717, 1.165) is 22.3 Å². The molecule has 1 N–H and O–H groups in total. The van der Waals surface area contributed by atoms with Crippen molar-refractivity contribution in [2.24, 2.45) is 0 Å². The molecule has 6 heteroatoms. The van der Waals surface area contributed by atoms with Crippen molar-refractivity contribution in [3.63, 3.8) is 0 Å². The number of para-hydroxylation sites is 2. The van der Waals surface area contributed by atoms with Gasteiger partial charge in [-0.25, -0.2) is 0 Å². The number of hydrogen-bond acceptors (Lipinski definition) is 4. The van der Waals surface area contributed by atoms with Crippen LogP contribution in [0.2, 0.25) is 0 Å². The van der Waals surface area contributed by atoms with Gasteiger partial charge in [-0.1, -0.05) is 36.4 Å². The second kappa shape index (κ2) is 8.95. The van der Waals surface area contributed by atoms with Gasteiger partial charge in [0.2, 0.25) is 0 Å². The molecule has 1 atom stereocenters. The van der Waals surface area contributed by atoms with Gasteiger partial charge in [-0.2, -0.15) is 0 Å². The Morgan fingerprint density at radius 1 is 1.03 bits per heavy atom. The maximum Gasteiger partial charge on any atom is 0.307 e. The van der Waals surface area contributed by atoms with Gasteiger partial charge in [-0.3, -0.25) is 14.2 Å². The molecule has 1 aromatic heterocycles. The average Bonchev–Trinajstić information content (AvgIpc) is 3.37. The van der Waals surface area contributed by atoms with E-state index in [2.05, 4.69) is 6.07 Å². The zero-order valence-corrected chi connectivity index (χ0v) is 20.0. The molecular weight excluding hydrogens is 442 g/mol. The maximum absolute atomic E-state index is 13.6. The fraction of sp³-hybridized carbons (Fsp3) is 0.241. The van der Waals surface area contributed by atoms with Crippen LogP contribution in [-0.4, -0.2) is 34.8 Å². The Bertz CT molecular complexity index is 1470. The van der Waals surface area contributed by atoms with Crippen molar-refractivity contribution < 1.29 is 24.2 Å². The second-order valence-corrected chi connectivity index (χ2v) is 9.08. The Hall–Kier alpha value is -4.06. The molecule has 0 saturated carbocycles. The number of ether oxygens (including phenoxy) is 2. The summed E-state index contributed by atoms with van der Waals surface area (Å²) in [6.07, 6.45) is -0.133. The first-order valence-corrected chi connectivity index (χ1v) is 11.7. The van der Waals surface area contributed by atoms with Gasteiger partial charge in [-0.15, -0.1) is 0 Å². The highest BCUT2D eigenvalue weighted by atomic mass is 16.5. The van der Waals surface area contributed by atoms with E-state index in [1.807, 2.05) is 62.4 Å². The predicted molar refractivity (Wildman–Crippen MR) is 134 cm³/mol. The van der Waals surface area contributed by atoms with Crippen LogP contribution in [-0.2, 0) is 11.2 Å². The van der Waals surface area contributed by atoms with Crippen LogP contribution >= 0.6 is 0 Å². The summed E-state index contributed by atoms with van der Waals surface area (Å²) in [7, 11) is 0. The van der Waals surface area contributed by atoms with E-state index in [9.17, 15) is 14.7 Å². The lowest BCUT2D eigenvalue weighted by molar-refractivity contribution is -0.136. The molecular formula is C29H27NO5. The van der Waals surface area contributed by atoms with E-state index in [-0.39, 0.29) is 18.2 Å². The highest BCUT2D eigenvalue weighted by Crippen LogP contribution is 2.37. The molecule has 0 bridgehead atoms. The minimum absolute atomic E-state index is 0.133. The fourth-order valence-corrected chi connectivity index (χ4v) is 4.96. The molecule has 1 aliphatic rings. The molecule has 178 valence electrons. The summed E-state index contributed by atoms with van der Waals surface area (Å²) in [5.74, 6) is 0.697. The quantitative estimate of drug-likeness (QED) is 0.407. The van der Waals surface area contributed by atoms with E-state index in [1.54, 1.807) is 17.6 Å². The lowest BCUT2D eigenvalue weighted by Crippen LogP contribution is -2.16. The largest absolute Gasteiger partial charge is 0.493 e. The van der Waals surface area contributed by atoms with Crippen molar-refractivity contribution in [2.75, 3.05) is 13.2 Å². The summed E-state index contributed by atoms with van der Waals surface area (Å²) in [5, 5.41) is 10.2. The Kier molecular flexibility index (Phi) is 5.81. The van der Waals surface area contributed by atoms with Gasteiger partial charge in [-0.05, 0) is 61.7 Å². The maximum atomic E-state index is 13.6. The molecule has 6 nitrogen and oxygen atoms in total. The lowest BCUT2D eigenvalue weighted by Gasteiger charge is -2.14. The first-order valence-electron chi connectivity index (χ1n) is 11.7. The number of rotatable bonds is 6. The minimum atomic E-state index is -0.924. The Morgan fingerprint density at radius 2 is 1.83 bits per heavy atom. The fourth-order valence-electron chi connectivity index (χ4n) is 4.96. The molecule has 35 heavy (non-hydrogen) atoms. The SMILES string of the molecule is Cc1cc(OCC2COc3c(C)cccc32)ccc1C(=O)n1c(C)c(CC(=O)O)c2ccccc21. The van der Waals surface area contributed by atoms with Crippen LogP contribution in [0, 0.1) is 20.8 Å². The van der Waals surface area contributed by atoms with Crippen molar-refractivity contribution >= 4 is 22.8 Å². The molecule has 0 aliphatic carbocycles. The number of carboxylic acid groups (broad SMARTS) is 1. The highest BCUT2D eigenvalue weighted by Gasteiger charge is 2.26. The molecule has 4 aromatic rings. The Balaban J connectivity index is 1.40. The Labute approximate surface area is 203 Å². The van der Waals surface area contributed by atoms with E-state index in [1.165, 1.54) is 5.56 Å². The van der Waals surface area contributed by atoms with Gasteiger partial charge in [0.15, 0.2) is 0 Å². The second-order valence-electron chi connectivity index (χ2n) is 9.08. The number of aryl methyl sites for hydroxylation is 2. The zero-order chi connectivity index (χ0) is 24.7. The molecule has 0 fully saturated rings. The third-order valence-corrected chi connectivity index (χ3v) is 6.76. The van der Waals surface area contributed by atoms with Crippen molar-refractivity contribution in [1.82, 2.24) is 4.57 Å². The van der Waals surface area contributed by atoms with Gasteiger partial charge >= 0.3 is 5.97 Å². The molecule has 1 unspecified atom stereocenters. The van der Waals surface area contributed by atoms with E-state index in [4.69, 9.17) is 9.47 Å². The molecule has 0 saturated heterocycles. The topological polar surface area (TPSA) is 77.8 Å². The first kappa shape index (κ1) is 22.7. The van der Waals surface area contributed by atoms with Crippen LogP contribution in [0.25, 0.3) is 10.9 Å². The van der Waals surface area contributed by atoms with Crippen molar-refractivity contribution in [3.8, 4) is 11.5 Å². The summed E-state index contributed by atoms with van der Waals surface area (Å²) in [5.41, 5.74) is 5.66. The Morgan fingerprint density at radius 3 is 2.60 bits per heavy atom. The van der Waals surface area contributed by atoms with Crippen molar-refractivity contribution in [3.05, 3.63) is 94.2 Å². The number of aliphatic carboxylic acids is 1. The van der Waals surface area contributed by atoms with Crippen LogP contribution < -0.4 is 9.47 Å². The molecule has 3 aromatic carbocycles. The predicted octanol–water partition coefficient (Wildman–Crippen LogP) is 5.44. The summed E-state index contributed by atoms with van der Waals surface area (Å²) < 4.78 is 13.6. The number of carbonyl (C=O) groups excluding carboxylic acids is 1. The van der Waals surface area contributed by atoms with Crippen LogP contribution in [0.5, 0.6) is 11.5 Å². The lowest BCUT2D eigenvalue weighted by atomic mass is 10.0. The summed E-state index contributed by atoms with van der Waals surface area (Å²) >= 11 is 0. The third-order valence-electron chi connectivity index (χ3n) is 6.76. The number of benzene rings is 3. The molecule has 0 spiro atoms.